The van der Waals surface area contributed by atoms with E-state index in [9.17, 15) is 13.2 Å². The van der Waals surface area contributed by atoms with Gasteiger partial charge in [0.1, 0.15) is 5.75 Å². The molecule has 0 aliphatic carbocycles. The van der Waals surface area contributed by atoms with Gasteiger partial charge in [-0.25, -0.2) is 13.4 Å². The van der Waals surface area contributed by atoms with Gasteiger partial charge >= 0.3 is 0 Å². The molecule has 0 fully saturated rings. The molecule has 0 bridgehead atoms. The lowest BCUT2D eigenvalue weighted by Gasteiger charge is -2.07. The minimum Gasteiger partial charge on any atom is -0.493 e. The van der Waals surface area contributed by atoms with E-state index in [0.717, 1.165) is 17.6 Å². The fourth-order valence-electron chi connectivity index (χ4n) is 2.44. The molecular formula is C19H18N2O4S2. The molecule has 1 heterocycles. The van der Waals surface area contributed by atoms with E-state index < -0.39 is 9.84 Å². The summed E-state index contributed by atoms with van der Waals surface area (Å²) in [6.45, 7) is 2.47. The van der Waals surface area contributed by atoms with Gasteiger partial charge in [-0.3, -0.25) is 10.1 Å². The molecule has 1 amide bonds. The number of carbonyl (C=O) groups excluding carboxylic acids is 1. The van der Waals surface area contributed by atoms with Crippen LogP contribution in [0.2, 0.25) is 0 Å². The van der Waals surface area contributed by atoms with Crippen LogP contribution in [0.5, 0.6) is 5.75 Å². The fraction of sp³-hybridized carbons (Fsp3) is 0.158. The van der Waals surface area contributed by atoms with Gasteiger partial charge in [-0.2, -0.15) is 0 Å². The van der Waals surface area contributed by atoms with Crippen LogP contribution in [-0.4, -0.2) is 32.2 Å². The molecule has 3 aromatic rings. The third-order valence-electron chi connectivity index (χ3n) is 3.73. The number of sulfone groups is 1. The Bertz CT molecular complexity index is 1060. The molecule has 6 nitrogen and oxygen atoms in total. The quantitative estimate of drug-likeness (QED) is 0.677. The summed E-state index contributed by atoms with van der Waals surface area (Å²) in [4.78, 5) is 17.0. The maximum atomic E-state index is 12.4. The van der Waals surface area contributed by atoms with Crippen molar-refractivity contribution in [3.63, 3.8) is 0 Å². The number of benzene rings is 2. The molecule has 0 radical (unpaired) electrons. The number of hydrogen-bond donors (Lipinski definition) is 1. The molecule has 2 aromatic carbocycles. The van der Waals surface area contributed by atoms with Crippen LogP contribution < -0.4 is 10.1 Å². The summed E-state index contributed by atoms with van der Waals surface area (Å²) in [5.74, 6) is 0.383. The average Bonchev–Trinajstić information content (AvgIpc) is 3.10. The minimum atomic E-state index is -3.29. The molecule has 0 aliphatic heterocycles. The predicted octanol–water partition coefficient (Wildman–Crippen LogP) is 3.86. The zero-order valence-corrected chi connectivity index (χ0v) is 16.4. The number of nitrogens with zero attached hydrogens (tertiary/aromatic N) is 1. The van der Waals surface area contributed by atoms with E-state index in [-0.39, 0.29) is 10.8 Å². The molecule has 0 saturated carbocycles. The van der Waals surface area contributed by atoms with Crippen molar-refractivity contribution in [1.82, 2.24) is 4.98 Å². The molecule has 0 unspecified atom stereocenters. The van der Waals surface area contributed by atoms with Gasteiger partial charge in [-0.05, 0) is 43.3 Å². The van der Waals surface area contributed by atoms with Gasteiger partial charge < -0.3 is 4.74 Å². The Balaban J connectivity index is 1.77. The Morgan fingerprint density at radius 2 is 1.85 bits per heavy atom. The van der Waals surface area contributed by atoms with Crippen molar-refractivity contribution >= 4 is 32.2 Å². The van der Waals surface area contributed by atoms with E-state index in [1.54, 1.807) is 0 Å². The van der Waals surface area contributed by atoms with Crippen LogP contribution in [0.4, 0.5) is 5.13 Å². The highest BCUT2D eigenvalue weighted by Crippen LogP contribution is 2.32. The number of carbonyl (C=O) groups is 1. The monoisotopic (exact) mass is 402 g/mol. The summed E-state index contributed by atoms with van der Waals surface area (Å²) in [6, 6.07) is 13.4. The highest BCUT2D eigenvalue weighted by Gasteiger charge is 2.14. The van der Waals surface area contributed by atoms with E-state index >= 15 is 0 Å². The number of thiazole rings is 1. The maximum Gasteiger partial charge on any atom is 0.257 e. The first-order chi connectivity index (χ1) is 12.9. The number of rotatable bonds is 6. The van der Waals surface area contributed by atoms with Crippen LogP contribution in [-0.2, 0) is 9.84 Å². The third-order valence-corrected chi connectivity index (χ3v) is 5.62. The zero-order valence-electron chi connectivity index (χ0n) is 14.8. The van der Waals surface area contributed by atoms with Crippen molar-refractivity contribution in [2.24, 2.45) is 0 Å². The molecule has 1 N–H and O–H groups in total. The van der Waals surface area contributed by atoms with Gasteiger partial charge in [-0.15, -0.1) is 11.3 Å². The van der Waals surface area contributed by atoms with Gasteiger partial charge in [0.25, 0.3) is 5.91 Å². The smallest absolute Gasteiger partial charge is 0.257 e. The molecule has 1 aromatic heterocycles. The lowest BCUT2D eigenvalue weighted by Crippen LogP contribution is -2.12. The van der Waals surface area contributed by atoms with Crippen molar-refractivity contribution in [2.45, 2.75) is 11.8 Å². The van der Waals surface area contributed by atoms with Gasteiger partial charge in [0, 0.05) is 22.8 Å². The lowest BCUT2D eigenvalue weighted by atomic mass is 10.1. The number of nitrogens with one attached hydrogen (secondary N) is 1. The first kappa shape index (κ1) is 19.1. The second-order valence-electron chi connectivity index (χ2n) is 5.72. The van der Waals surface area contributed by atoms with Gasteiger partial charge in [0.15, 0.2) is 15.0 Å². The summed E-state index contributed by atoms with van der Waals surface area (Å²) >= 11 is 1.31. The molecule has 27 heavy (non-hydrogen) atoms. The second-order valence-corrected chi connectivity index (χ2v) is 8.59. The first-order valence-corrected chi connectivity index (χ1v) is 10.9. The summed E-state index contributed by atoms with van der Waals surface area (Å²) < 4.78 is 28.6. The normalized spacial score (nSPS) is 11.2. The van der Waals surface area contributed by atoms with Crippen LogP contribution in [0.3, 0.4) is 0 Å². The highest BCUT2D eigenvalue weighted by molar-refractivity contribution is 7.90. The Labute approximate surface area is 161 Å². The van der Waals surface area contributed by atoms with Gasteiger partial charge in [0.2, 0.25) is 0 Å². The van der Waals surface area contributed by atoms with Gasteiger partial charge in [0.05, 0.1) is 17.2 Å². The Morgan fingerprint density at radius 3 is 2.52 bits per heavy atom. The third kappa shape index (κ3) is 4.53. The highest BCUT2D eigenvalue weighted by atomic mass is 32.2. The molecule has 8 heteroatoms. The van der Waals surface area contributed by atoms with Crippen molar-refractivity contribution in [1.29, 1.82) is 0 Å². The topological polar surface area (TPSA) is 85.4 Å². The Hall–Kier alpha value is -2.71. The summed E-state index contributed by atoms with van der Waals surface area (Å²) in [5, 5.41) is 5.04. The number of para-hydroxylation sites is 1. The van der Waals surface area contributed by atoms with E-state index in [0.29, 0.717) is 23.0 Å². The molecule has 140 valence electrons. The zero-order chi connectivity index (χ0) is 19.4. The van der Waals surface area contributed by atoms with E-state index in [1.807, 2.05) is 36.6 Å². The molecular weight excluding hydrogens is 384 g/mol. The molecule has 0 saturated heterocycles. The Morgan fingerprint density at radius 1 is 1.15 bits per heavy atom. The Kier molecular flexibility index (Phi) is 5.57. The van der Waals surface area contributed by atoms with Crippen LogP contribution >= 0.6 is 11.3 Å². The summed E-state index contributed by atoms with van der Waals surface area (Å²) in [5.41, 5.74) is 1.93. The van der Waals surface area contributed by atoms with Crippen LogP contribution in [0.1, 0.15) is 17.3 Å². The van der Waals surface area contributed by atoms with Crippen LogP contribution in [0.25, 0.3) is 11.3 Å². The largest absolute Gasteiger partial charge is 0.493 e. The number of hydrogen-bond acceptors (Lipinski definition) is 6. The summed E-state index contributed by atoms with van der Waals surface area (Å²) in [7, 11) is -3.29. The van der Waals surface area contributed by atoms with E-state index in [4.69, 9.17) is 4.74 Å². The molecule has 0 spiro atoms. The van der Waals surface area contributed by atoms with Crippen molar-refractivity contribution < 1.29 is 17.9 Å². The average molecular weight is 402 g/mol. The first-order valence-electron chi connectivity index (χ1n) is 8.17. The molecule has 3 rings (SSSR count). The van der Waals surface area contributed by atoms with Crippen LogP contribution in [0.15, 0.2) is 58.8 Å². The number of ether oxygens (including phenoxy) is 1. The van der Waals surface area contributed by atoms with E-state index in [2.05, 4.69) is 10.3 Å². The van der Waals surface area contributed by atoms with Crippen molar-refractivity contribution in [3.8, 4) is 17.0 Å². The number of anilines is 1. The summed E-state index contributed by atoms with van der Waals surface area (Å²) in [6.07, 6.45) is 1.12. The predicted molar refractivity (Wildman–Crippen MR) is 106 cm³/mol. The van der Waals surface area contributed by atoms with E-state index in [1.165, 1.54) is 35.6 Å². The number of amides is 1. The standard InChI is InChI=1S/C19H18N2O4S2/c1-3-25-17-7-5-4-6-15(17)16-12-26-19(20-16)21-18(22)13-8-10-14(11-9-13)27(2,23)24/h4-12H,3H2,1-2H3,(H,20,21,22). The second kappa shape index (κ2) is 7.89. The van der Waals surface area contributed by atoms with Crippen LogP contribution in [0, 0.1) is 0 Å². The number of aromatic nitrogens is 1. The minimum absolute atomic E-state index is 0.170. The van der Waals surface area contributed by atoms with Crippen molar-refractivity contribution in [3.05, 3.63) is 59.5 Å². The maximum absolute atomic E-state index is 12.4. The van der Waals surface area contributed by atoms with Gasteiger partial charge in [-0.1, -0.05) is 12.1 Å². The molecule has 0 aliphatic rings. The fourth-order valence-corrected chi connectivity index (χ4v) is 3.77. The molecule has 0 atom stereocenters. The lowest BCUT2D eigenvalue weighted by molar-refractivity contribution is 0.102. The SMILES string of the molecule is CCOc1ccccc1-c1csc(NC(=O)c2ccc(S(C)(=O)=O)cc2)n1. The van der Waals surface area contributed by atoms with Crippen molar-refractivity contribution in [2.75, 3.05) is 18.2 Å².